The second-order valence-electron chi connectivity index (χ2n) is 4.96. The fourth-order valence-corrected chi connectivity index (χ4v) is 2.02. The van der Waals surface area contributed by atoms with Crippen molar-refractivity contribution in [2.45, 2.75) is 90.1 Å². The van der Waals surface area contributed by atoms with E-state index in [4.69, 9.17) is 0 Å². The van der Waals surface area contributed by atoms with Crippen LogP contribution >= 0.6 is 0 Å². The van der Waals surface area contributed by atoms with Crippen molar-refractivity contribution in [3.8, 4) is 0 Å². The Morgan fingerprint density at radius 2 is 1.12 bits per heavy atom. The first-order valence-electron chi connectivity index (χ1n) is 7.20. The van der Waals surface area contributed by atoms with E-state index in [0.29, 0.717) is 0 Å². The first kappa shape index (κ1) is 15.9. The second kappa shape index (κ2) is 13.0. The lowest BCUT2D eigenvalue weighted by atomic mass is 10.0. The Morgan fingerprint density at radius 1 is 0.750 bits per heavy atom. The van der Waals surface area contributed by atoms with Gasteiger partial charge in [0, 0.05) is 0 Å². The van der Waals surface area contributed by atoms with Gasteiger partial charge in [-0.25, -0.2) is 4.39 Å². The van der Waals surface area contributed by atoms with E-state index in [-0.39, 0.29) is 0 Å². The van der Waals surface area contributed by atoms with Gasteiger partial charge in [-0.1, -0.05) is 77.6 Å². The average molecular weight is 229 g/mol. The zero-order valence-corrected chi connectivity index (χ0v) is 11.1. The number of hydrogen-bond acceptors (Lipinski definition) is 0. The highest BCUT2D eigenvalue weighted by Crippen LogP contribution is 2.12. The fraction of sp³-hybridized carbons (Fsp3) is 0.933. The Kier molecular flexibility index (Phi) is 12.9. The number of unbranched alkanes of at least 4 members (excludes halogenated alkanes) is 10. The molecule has 0 aromatic rings. The van der Waals surface area contributed by atoms with E-state index in [9.17, 15) is 4.39 Å². The minimum atomic E-state index is -0.604. The summed E-state index contributed by atoms with van der Waals surface area (Å²) in [5.41, 5.74) is 0. The minimum Gasteiger partial charge on any atom is -0.248 e. The van der Waals surface area contributed by atoms with Gasteiger partial charge in [0.05, 0.1) is 6.17 Å². The third kappa shape index (κ3) is 13.9. The molecule has 0 fully saturated rings. The molecule has 97 valence electrons. The number of alkyl halides is 1. The standard InChI is InChI=1S/C15H30F/c1-3-4-5-6-7-8-9-10-11-12-13-14-15(2)16/h15H,1,3-14H2,2H3. The number of rotatable bonds is 12. The van der Waals surface area contributed by atoms with E-state index in [2.05, 4.69) is 6.92 Å². The molecule has 0 aromatic heterocycles. The van der Waals surface area contributed by atoms with Crippen molar-refractivity contribution in [3.05, 3.63) is 6.92 Å². The summed E-state index contributed by atoms with van der Waals surface area (Å²) in [6, 6.07) is 0. The predicted molar refractivity (Wildman–Crippen MR) is 71.3 cm³/mol. The lowest BCUT2D eigenvalue weighted by Crippen LogP contribution is -1.91. The van der Waals surface area contributed by atoms with Crippen LogP contribution in [0.3, 0.4) is 0 Å². The van der Waals surface area contributed by atoms with Crippen LogP contribution in [0.5, 0.6) is 0 Å². The minimum absolute atomic E-state index is 0.604. The molecule has 0 aliphatic carbocycles. The van der Waals surface area contributed by atoms with Gasteiger partial charge < -0.3 is 0 Å². The third-order valence-corrected chi connectivity index (χ3v) is 3.10. The van der Waals surface area contributed by atoms with Gasteiger partial charge in [-0.15, -0.1) is 0 Å². The molecule has 0 saturated carbocycles. The summed E-state index contributed by atoms with van der Waals surface area (Å²) in [6.07, 6.45) is 14.4. The molecular formula is C15H30F. The maximum atomic E-state index is 12.5. The Labute approximate surface area is 102 Å². The third-order valence-electron chi connectivity index (χ3n) is 3.10. The fourth-order valence-electron chi connectivity index (χ4n) is 2.02. The van der Waals surface area contributed by atoms with Crippen molar-refractivity contribution >= 4 is 0 Å². The summed E-state index contributed by atoms with van der Waals surface area (Å²) in [4.78, 5) is 0. The highest BCUT2D eigenvalue weighted by Gasteiger charge is 1.97. The molecule has 16 heavy (non-hydrogen) atoms. The Morgan fingerprint density at radius 3 is 1.50 bits per heavy atom. The van der Waals surface area contributed by atoms with Crippen molar-refractivity contribution in [1.82, 2.24) is 0 Å². The van der Waals surface area contributed by atoms with Gasteiger partial charge in [0.1, 0.15) is 0 Å². The molecule has 0 N–H and O–H groups in total. The van der Waals surface area contributed by atoms with Crippen LogP contribution in [-0.2, 0) is 0 Å². The summed E-state index contributed by atoms with van der Waals surface area (Å²) in [6.45, 7) is 5.51. The molecule has 1 atom stereocenters. The highest BCUT2D eigenvalue weighted by atomic mass is 19.1. The molecule has 0 saturated heterocycles. The first-order valence-corrected chi connectivity index (χ1v) is 7.20. The quantitative estimate of drug-likeness (QED) is 0.368. The summed E-state index contributed by atoms with van der Waals surface area (Å²) >= 11 is 0. The van der Waals surface area contributed by atoms with Gasteiger partial charge in [-0.3, -0.25) is 0 Å². The molecule has 0 heterocycles. The largest absolute Gasteiger partial charge is 0.248 e. The molecule has 1 unspecified atom stereocenters. The number of hydrogen-bond donors (Lipinski definition) is 0. The molecule has 0 aliphatic heterocycles. The Bertz CT molecular complexity index is 121. The van der Waals surface area contributed by atoms with Gasteiger partial charge in [0.15, 0.2) is 0 Å². The molecule has 0 amide bonds. The van der Waals surface area contributed by atoms with Gasteiger partial charge in [-0.05, 0) is 13.3 Å². The predicted octanol–water partition coefficient (Wildman–Crippen LogP) is 5.86. The Hall–Kier alpha value is -0.0700. The number of halogens is 1. The molecule has 0 aliphatic rings. The summed E-state index contributed by atoms with van der Waals surface area (Å²) < 4.78 is 12.5. The summed E-state index contributed by atoms with van der Waals surface area (Å²) in [5, 5.41) is 0. The van der Waals surface area contributed by atoms with Gasteiger partial charge in [0.25, 0.3) is 0 Å². The van der Waals surface area contributed by atoms with E-state index in [1.54, 1.807) is 6.92 Å². The van der Waals surface area contributed by atoms with Crippen LogP contribution in [0.15, 0.2) is 0 Å². The lowest BCUT2D eigenvalue weighted by molar-refractivity contribution is 0.329. The van der Waals surface area contributed by atoms with Crippen molar-refractivity contribution in [1.29, 1.82) is 0 Å². The van der Waals surface area contributed by atoms with Crippen molar-refractivity contribution in [2.75, 3.05) is 0 Å². The maximum Gasteiger partial charge on any atom is 0.0973 e. The monoisotopic (exact) mass is 229 g/mol. The topological polar surface area (TPSA) is 0 Å². The lowest BCUT2D eigenvalue weighted by Gasteiger charge is -2.03. The van der Waals surface area contributed by atoms with Crippen LogP contribution in [0.1, 0.15) is 84.0 Å². The average Bonchev–Trinajstić information content (AvgIpc) is 2.25. The van der Waals surface area contributed by atoms with Crippen LogP contribution in [0.25, 0.3) is 0 Å². The molecule has 0 rings (SSSR count). The van der Waals surface area contributed by atoms with Crippen LogP contribution in [-0.4, -0.2) is 6.17 Å². The molecule has 0 aromatic carbocycles. The van der Waals surface area contributed by atoms with E-state index < -0.39 is 6.17 Å². The molecule has 1 radical (unpaired) electrons. The Balaban J connectivity index is 2.88. The van der Waals surface area contributed by atoms with Crippen molar-refractivity contribution in [2.24, 2.45) is 0 Å². The maximum absolute atomic E-state index is 12.5. The van der Waals surface area contributed by atoms with E-state index >= 15 is 0 Å². The molecular weight excluding hydrogens is 199 g/mol. The van der Waals surface area contributed by atoms with Gasteiger partial charge >= 0.3 is 0 Å². The van der Waals surface area contributed by atoms with Crippen LogP contribution < -0.4 is 0 Å². The molecule has 1 heteroatoms. The highest BCUT2D eigenvalue weighted by molar-refractivity contribution is 4.51. The van der Waals surface area contributed by atoms with Crippen LogP contribution in [0.2, 0.25) is 0 Å². The smallest absolute Gasteiger partial charge is 0.0973 e. The normalized spacial score (nSPS) is 12.9. The van der Waals surface area contributed by atoms with Crippen LogP contribution in [0, 0.1) is 6.92 Å². The van der Waals surface area contributed by atoms with E-state index in [1.807, 2.05) is 0 Å². The summed E-state index contributed by atoms with van der Waals surface area (Å²) in [5.74, 6) is 0. The zero-order valence-electron chi connectivity index (χ0n) is 11.1. The SMILES string of the molecule is [CH2]CCCCCCCCCCCCC(C)F. The van der Waals surface area contributed by atoms with Gasteiger partial charge in [-0.2, -0.15) is 0 Å². The van der Waals surface area contributed by atoms with Crippen molar-refractivity contribution < 1.29 is 4.39 Å². The van der Waals surface area contributed by atoms with Crippen molar-refractivity contribution in [3.63, 3.8) is 0 Å². The van der Waals surface area contributed by atoms with Gasteiger partial charge in [0.2, 0.25) is 0 Å². The molecule has 0 bridgehead atoms. The molecule has 0 nitrogen and oxygen atoms in total. The zero-order chi connectivity index (χ0) is 12.1. The molecule has 0 spiro atoms. The van der Waals surface area contributed by atoms with E-state index in [1.165, 1.54) is 57.8 Å². The first-order chi connectivity index (χ1) is 7.77. The summed E-state index contributed by atoms with van der Waals surface area (Å²) in [7, 11) is 0. The second-order valence-corrected chi connectivity index (χ2v) is 4.96. The van der Waals surface area contributed by atoms with E-state index in [0.717, 1.165) is 19.3 Å². The van der Waals surface area contributed by atoms with Crippen LogP contribution in [0.4, 0.5) is 4.39 Å².